The maximum absolute atomic E-state index is 12.0. The van der Waals surface area contributed by atoms with Crippen molar-refractivity contribution in [3.05, 3.63) is 16.8 Å². The lowest BCUT2D eigenvalue weighted by atomic mass is 10.0. The van der Waals surface area contributed by atoms with Crippen molar-refractivity contribution in [2.75, 3.05) is 6.54 Å². The van der Waals surface area contributed by atoms with Crippen LogP contribution in [0.4, 0.5) is 0 Å². The van der Waals surface area contributed by atoms with Gasteiger partial charge >= 0.3 is 0 Å². The maximum Gasteiger partial charge on any atom is 0.241 e. The van der Waals surface area contributed by atoms with Crippen LogP contribution in [0.2, 0.25) is 0 Å². The summed E-state index contributed by atoms with van der Waals surface area (Å²) in [7, 11) is 0. The molecule has 3 rings (SSSR count). The molecule has 1 aliphatic rings. The third-order valence-corrected chi connectivity index (χ3v) is 4.19. The van der Waals surface area contributed by atoms with Crippen molar-refractivity contribution in [2.24, 2.45) is 10.2 Å². The van der Waals surface area contributed by atoms with Crippen LogP contribution < -0.4 is 5.32 Å². The molecule has 23 heavy (non-hydrogen) atoms. The molecule has 2 aromatic rings. The third kappa shape index (κ3) is 3.78. The minimum atomic E-state index is -0.379. The molecule has 0 aliphatic carbocycles. The molecule has 9 heteroatoms. The lowest BCUT2D eigenvalue weighted by molar-refractivity contribution is -0.121. The number of tetrazole rings is 1. The highest BCUT2D eigenvalue weighted by Crippen LogP contribution is 2.35. The zero-order chi connectivity index (χ0) is 16.1. The van der Waals surface area contributed by atoms with Crippen molar-refractivity contribution in [2.45, 2.75) is 31.5 Å². The van der Waals surface area contributed by atoms with Crippen LogP contribution in [0, 0.1) is 12.3 Å². The van der Waals surface area contributed by atoms with E-state index in [1.165, 1.54) is 4.68 Å². The van der Waals surface area contributed by atoms with Crippen molar-refractivity contribution in [3.63, 3.8) is 0 Å². The van der Waals surface area contributed by atoms with E-state index in [0.29, 0.717) is 25.2 Å². The Morgan fingerprint density at radius 1 is 1.43 bits per heavy atom. The molecule has 8 nitrogen and oxygen atoms in total. The van der Waals surface area contributed by atoms with E-state index in [2.05, 4.69) is 37.0 Å². The highest BCUT2D eigenvalue weighted by atomic mass is 32.1. The van der Waals surface area contributed by atoms with E-state index in [4.69, 9.17) is 6.42 Å². The van der Waals surface area contributed by atoms with Gasteiger partial charge in [0, 0.05) is 36.8 Å². The summed E-state index contributed by atoms with van der Waals surface area (Å²) >= 11 is 1.55. The lowest BCUT2D eigenvalue weighted by Gasteiger charge is -2.10. The number of carbonyl (C=O) groups excluding carboxylic acids is 1. The van der Waals surface area contributed by atoms with Gasteiger partial charge in [-0.05, 0) is 21.9 Å². The molecule has 2 aromatic heterocycles. The Bertz CT molecular complexity index is 738. The topological polar surface area (TPSA) is 97.4 Å². The molecule has 0 unspecified atom stereocenters. The van der Waals surface area contributed by atoms with E-state index in [1.807, 2.05) is 16.8 Å². The Labute approximate surface area is 137 Å². The largest absolute Gasteiger partial charge is 0.354 e. The summed E-state index contributed by atoms with van der Waals surface area (Å²) in [4.78, 5) is 12.0. The van der Waals surface area contributed by atoms with Crippen LogP contribution in [-0.2, 0) is 11.3 Å². The maximum atomic E-state index is 12.0. The van der Waals surface area contributed by atoms with Crippen molar-refractivity contribution >= 4 is 17.2 Å². The molecular formula is C14H15N7OS. The summed E-state index contributed by atoms with van der Waals surface area (Å²) < 4.78 is 1.48. The highest BCUT2D eigenvalue weighted by Gasteiger charge is 2.38. The number of carbonyl (C=O) groups is 1. The molecule has 0 radical (unpaired) electrons. The molecule has 118 valence electrons. The first-order valence-electron chi connectivity index (χ1n) is 7.15. The van der Waals surface area contributed by atoms with Gasteiger partial charge in [-0.15, -0.1) is 17.4 Å². The quantitative estimate of drug-likeness (QED) is 0.742. The van der Waals surface area contributed by atoms with E-state index < -0.39 is 0 Å². The summed E-state index contributed by atoms with van der Waals surface area (Å²) in [5, 5.41) is 26.2. The van der Waals surface area contributed by atoms with Gasteiger partial charge in [-0.25, -0.2) is 4.68 Å². The van der Waals surface area contributed by atoms with Crippen molar-refractivity contribution in [1.82, 2.24) is 25.5 Å². The van der Waals surface area contributed by atoms with Gasteiger partial charge in [0.05, 0.1) is 0 Å². The average molecular weight is 329 g/mol. The van der Waals surface area contributed by atoms with Crippen molar-refractivity contribution in [1.29, 1.82) is 0 Å². The molecule has 0 atom stereocenters. The second-order valence-electron chi connectivity index (χ2n) is 5.16. The normalized spacial score (nSPS) is 14.4. The zero-order valence-electron chi connectivity index (χ0n) is 12.3. The summed E-state index contributed by atoms with van der Waals surface area (Å²) in [6, 6.07) is 1.91. The summed E-state index contributed by atoms with van der Waals surface area (Å²) in [6.45, 7) is 0.566. The first kappa shape index (κ1) is 15.3. The average Bonchev–Trinajstić information content (AvgIpc) is 2.93. The van der Waals surface area contributed by atoms with E-state index >= 15 is 0 Å². The molecule has 0 saturated carbocycles. The van der Waals surface area contributed by atoms with Gasteiger partial charge in [-0.3, -0.25) is 4.79 Å². The number of hydrogen-bond acceptors (Lipinski definition) is 7. The van der Waals surface area contributed by atoms with Gasteiger partial charge in [-0.1, -0.05) is 0 Å². The molecular weight excluding hydrogens is 314 g/mol. The molecule has 0 aromatic carbocycles. The summed E-state index contributed by atoms with van der Waals surface area (Å²) in [5.41, 5.74) is 0.521. The van der Waals surface area contributed by atoms with Crippen LogP contribution in [0.3, 0.4) is 0 Å². The zero-order valence-corrected chi connectivity index (χ0v) is 13.2. The van der Waals surface area contributed by atoms with E-state index in [9.17, 15) is 4.79 Å². The van der Waals surface area contributed by atoms with Crippen LogP contribution in [0.5, 0.6) is 0 Å². The second-order valence-corrected chi connectivity index (χ2v) is 5.94. The highest BCUT2D eigenvalue weighted by molar-refractivity contribution is 7.08. The monoisotopic (exact) mass is 329 g/mol. The fourth-order valence-electron chi connectivity index (χ4n) is 2.17. The number of terminal acetylenes is 1. The van der Waals surface area contributed by atoms with Crippen LogP contribution in [0.15, 0.2) is 27.1 Å². The molecule has 0 fully saturated rings. The Morgan fingerprint density at radius 3 is 3.00 bits per heavy atom. The predicted molar refractivity (Wildman–Crippen MR) is 84.4 cm³/mol. The first-order valence-corrected chi connectivity index (χ1v) is 8.10. The third-order valence-electron chi connectivity index (χ3n) is 3.50. The van der Waals surface area contributed by atoms with Crippen LogP contribution in [0.1, 0.15) is 19.3 Å². The van der Waals surface area contributed by atoms with Crippen LogP contribution in [-0.4, -0.2) is 38.3 Å². The fourth-order valence-corrected chi connectivity index (χ4v) is 2.81. The Morgan fingerprint density at radius 2 is 2.30 bits per heavy atom. The molecule has 1 aliphatic heterocycles. The lowest BCUT2D eigenvalue weighted by Crippen LogP contribution is -2.31. The number of nitrogens with zero attached hydrogens (tertiary/aromatic N) is 6. The first-order chi connectivity index (χ1) is 11.2. The SMILES string of the molecule is C#CCCC1(CCNC(=O)Cn2nnnc2-c2ccsc2)N=N1. The Hall–Kier alpha value is -2.60. The van der Waals surface area contributed by atoms with E-state index in [0.717, 1.165) is 12.0 Å². The number of amides is 1. The van der Waals surface area contributed by atoms with Gasteiger partial charge < -0.3 is 5.32 Å². The van der Waals surface area contributed by atoms with E-state index in [-0.39, 0.29) is 18.1 Å². The Kier molecular flexibility index (Phi) is 4.43. The number of aromatic nitrogens is 4. The summed E-state index contributed by atoms with van der Waals surface area (Å²) in [6.07, 6.45) is 7.27. The number of nitrogens with one attached hydrogen (secondary N) is 1. The van der Waals surface area contributed by atoms with Gasteiger partial charge in [0.15, 0.2) is 11.5 Å². The number of hydrogen-bond donors (Lipinski definition) is 1. The minimum Gasteiger partial charge on any atom is -0.354 e. The van der Waals surface area contributed by atoms with Gasteiger partial charge in [0.1, 0.15) is 6.54 Å². The smallest absolute Gasteiger partial charge is 0.241 e. The summed E-state index contributed by atoms with van der Waals surface area (Å²) in [5.74, 6) is 3.01. The van der Waals surface area contributed by atoms with Gasteiger partial charge in [0.2, 0.25) is 5.91 Å². The molecule has 0 spiro atoms. The van der Waals surface area contributed by atoms with E-state index in [1.54, 1.807) is 11.3 Å². The van der Waals surface area contributed by atoms with Gasteiger partial charge in [-0.2, -0.15) is 21.6 Å². The molecule has 0 bridgehead atoms. The van der Waals surface area contributed by atoms with Crippen molar-refractivity contribution in [3.8, 4) is 23.7 Å². The fraction of sp³-hybridized carbons (Fsp3) is 0.429. The molecule has 3 heterocycles. The van der Waals surface area contributed by atoms with Crippen molar-refractivity contribution < 1.29 is 4.79 Å². The molecule has 1 amide bonds. The standard InChI is InChI=1S/C14H15N7OS/c1-2-3-5-14(17-18-14)6-7-15-12(22)9-21-13(16-19-20-21)11-4-8-23-10-11/h1,4,8,10H,3,5-7,9H2,(H,15,22). The minimum absolute atomic E-state index is 0.0732. The Balaban J connectivity index is 1.47. The predicted octanol–water partition coefficient (Wildman–Crippen LogP) is 1.48. The van der Waals surface area contributed by atoms with Gasteiger partial charge in [0.25, 0.3) is 0 Å². The number of rotatable bonds is 8. The van der Waals surface area contributed by atoms with Crippen LogP contribution >= 0.6 is 11.3 Å². The molecule has 0 saturated heterocycles. The number of thiophene rings is 1. The van der Waals surface area contributed by atoms with Crippen LogP contribution in [0.25, 0.3) is 11.4 Å². The molecule has 1 N–H and O–H groups in total. The second kappa shape index (κ2) is 6.66.